The van der Waals surface area contributed by atoms with Crippen LogP contribution in [0.3, 0.4) is 0 Å². The second-order valence-corrected chi connectivity index (χ2v) is 6.57. The molecule has 3 rings (SSSR count). The Morgan fingerprint density at radius 1 is 1.28 bits per heavy atom. The van der Waals surface area contributed by atoms with Gasteiger partial charge in [0.15, 0.2) is 0 Å². The fourth-order valence-electron chi connectivity index (χ4n) is 3.00. The van der Waals surface area contributed by atoms with Gasteiger partial charge < -0.3 is 5.32 Å². The number of carbonyl (C=O) groups is 1. The van der Waals surface area contributed by atoms with E-state index in [1.54, 1.807) is 6.07 Å². The second-order valence-electron chi connectivity index (χ2n) is 6.16. The van der Waals surface area contributed by atoms with E-state index < -0.39 is 0 Å². The van der Waals surface area contributed by atoms with Gasteiger partial charge in [-0.05, 0) is 35.2 Å². The maximum Gasteiger partial charge on any atom is 0.226 e. The average molecular weight is 362 g/mol. The minimum absolute atomic E-state index is 0.0672. The molecule has 1 fully saturated rings. The van der Waals surface area contributed by atoms with Crippen LogP contribution in [-0.2, 0) is 17.8 Å². The Morgan fingerprint density at radius 3 is 2.72 bits per heavy atom. The average Bonchev–Trinajstić information content (AvgIpc) is 3.10. The lowest BCUT2D eigenvalue weighted by atomic mass is 9.93. The number of hydrogen-bond acceptors (Lipinski definition) is 3. The van der Waals surface area contributed by atoms with Crippen molar-refractivity contribution in [2.45, 2.75) is 25.9 Å². The lowest BCUT2D eigenvalue weighted by Crippen LogP contribution is -2.34. The van der Waals surface area contributed by atoms with Crippen LogP contribution in [0.5, 0.6) is 0 Å². The molecule has 2 aromatic rings. The van der Waals surface area contributed by atoms with Gasteiger partial charge in [-0.2, -0.15) is 0 Å². The monoisotopic (exact) mass is 361 g/mol. The van der Waals surface area contributed by atoms with Crippen LogP contribution < -0.4 is 16.2 Å². The van der Waals surface area contributed by atoms with Crippen molar-refractivity contribution in [3.05, 3.63) is 70.0 Å². The molecule has 25 heavy (non-hydrogen) atoms. The normalized spacial score (nSPS) is 19.8. The molecule has 2 unspecified atom stereocenters. The first-order valence-corrected chi connectivity index (χ1v) is 8.75. The molecule has 0 bridgehead atoms. The van der Waals surface area contributed by atoms with E-state index in [2.05, 4.69) is 47.4 Å². The van der Waals surface area contributed by atoms with Crippen molar-refractivity contribution in [3.8, 4) is 0 Å². The van der Waals surface area contributed by atoms with Crippen LogP contribution in [0.4, 0.5) is 4.39 Å². The molecule has 0 aromatic heterocycles. The zero-order valence-electron chi connectivity index (χ0n) is 14.0. The van der Waals surface area contributed by atoms with Gasteiger partial charge in [-0.25, -0.2) is 9.82 Å². The first-order valence-electron chi connectivity index (χ1n) is 8.37. The van der Waals surface area contributed by atoms with Crippen LogP contribution in [0.1, 0.15) is 29.7 Å². The minimum Gasteiger partial charge on any atom is -0.352 e. The molecule has 1 aliphatic heterocycles. The Morgan fingerprint density at radius 2 is 2.04 bits per heavy atom. The number of benzene rings is 2. The van der Waals surface area contributed by atoms with Gasteiger partial charge >= 0.3 is 0 Å². The number of nitrogens with one attached hydrogen (secondary N) is 3. The molecule has 1 saturated heterocycles. The fourth-order valence-corrected chi connectivity index (χ4v) is 3.23. The maximum absolute atomic E-state index is 13.1. The van der Waals surface area contributed by atoms with Crippen LogP contribution in [0.2, 0.25) is 5.02 Å². The topological polar surface area (TPSA) is 53.2 Å². The molecule has 4 nitrogen and oxygen atoms in total. The second kappa shape index (κ2) is 7.95. The number of carbonyl (C=O) groups excluding carboxylic acids is 1. The Kier molecular flexibility index (Phi) is 5.68. The van der Waals surface area contributed by atoms with Crippen molar-refractivity contribution in [1.29, 1.82) is 0 Å². The van der Waals surface area contributed by atoms with Crippen LogP contribution >= 0.6 is 11.6 Å². The number of hydrogen-bond donors (Lipinski definition) is 3. The highest BCUT2D eigenvalue weighted by Gasteiger charge is 2.33. The van der Waals surface area contributed by atoms with E-state index in [9.17, 15) is 9.18 Å². The molecular formula is C19H21ClFN3O. The summed E-state index contributed by atoms with van der Waals surface area (Å²) in [5, 5.41) is 3.21. The van der Waals surface area contributed by atoms with Crippen molar-refractivity contribution in [2.75, 3.05) is 6.54 Å². The Hall–Kier alpha value is -1.95. The quantitative estimate of drug-likeness (QED) is 0.767. The lowest BCUT2D eigenvalue weighted by molar-refractivity contribution is -0.125. The van der Waals surface area contributed by atoms with Crippen molar-refractivity contribution in [3.63, 3.8) is 0 Å². The first-order chi connectivity index (χ1) is 12.1. The van der Waals surface area contributed by atoms with Gasteiger partial charge in [-0.3, -0.25) is 10.2 Å². The van der Waals surface area contributed by atoms with Gasteiger partial charge in [0.2, 0.25) is 5.91 Å². The Labute approximate surface area is 151 Å². The van der Waals surface area contributed by atoms with Crippen LogP contribution in [0.15, 0.2) is 42.5 Å². The van der Waals surface area contributed by atoms with Crippen molar-refractivity contribution < 1.29 is 9.18 Å². The summed E-state index contributed by atoms with van der Waals surface area (Å²) in [5.41, 5.74) is 9.26. The first kappa shape index (κ1) is 17.9. The number of hydrazine groups is 1. The molecule has 1 amide bonds. The van der Waals surface area contributed by atoms with Gasteiger partial charge in [0.05, 0.1) is 12.0 Å². The molecule has 1 aliphatic rings. The third-order valence-electron chi connectivity index (χ3n) is 4.53. The fraction of sp³-hybridized carbons (Fsp3) is 0.316. The molecule has 0 aliphatic carbocycles. The van der Waals surface area contributed by atoms with E-state index in [1.807, 2.05) is 0 Å². The summed E-state index contributed by atoms with van der Waals surface area (Å²) in [6.07, 6.45) is 0.985. The van der Waals surface area contributed by atoms with Crippen LogP contribution in [-0.4, -0.2) is 12.5 Å². The largest absolute Gasteiger partial charge is 0.352 e. The standard InChI is InChI=1S/C19H21ClFN3O/c1-2-12-3-5-13(6-4-12)18-16(11-23-24-18)19(25)22-10-14-7-8-15(21)9-17(14)20/h3-9,16,18,23-24H,2,10-11H2,1H3,(H,22,25). The van der Waals surface area contributed by atoms with Gasteiger partial charge in [0.1, 0.15) is 5.82 Å². The summed E-state index contributed by atoms with van der Waals surface area (Å²) < 4.78 is 13.1. The zero-order chi connectivity index (χ0) is 17.8. The Bertz CT molecular complexity index is 751. The predicted octanol–water partition coefficient (Wildman–Crippen LogP) is 3.12. The molecule has 0 spiro atoms. The van der Waals surface area contributed by atoms with Crippen molar-refractivity contribution in [2.24, 2.45) is 5.92 Å². The number of amides is 1. The summed E-state index contributed by atoms with van der Waals surface area (Å²) in [5.74, 6) is -0.686. The van der Waals surface area contributed by atoms with E-state index >= 15 is 0 Å². The molecule has 1 heterocycles. The summed E-state index contributed by atoms with van der Waals surface area (Å²) in [7, 11) is 0. The molecular weight excluding hydrogens is 341 g/mol. The lowest BCUT2D eigenvalue weighted by Gasteiger charge is -2.19. The predicted molar refractivity (Wildman–Crippen MR) is 96.4 cm³/mol. The smallest absolute Gasteiger partial charge is 0.226 e. The highest BCUT2D eigenvalue weighted by atomic mass is 35.5. The molecule has 0 saturated carbocycles. The molecule has 2 aromatic carbocycles. The Balaban J connectivity index is 1.65. The molecule has 0 radical (unpaired) electrons. The molecule has 3 N–H and O–H groups in total. The van der Waals surface area contributed by atoms with Crippen molar-refractivity contribution >= 4 is 17.5 Å². The molecule has 132 valence electrons. The number of aryl methyl sites for hydroxylation is 1. The highest BCUT2D eigenvalue weighted by Crippen LogP contribution is 2.26. The third kappa shape index (κ3) is 4.18. The third-order valence-corrected chi connectivity index (χ3v) is 4.89. The minimum atomic E-state index is -0.389. The molecule has 6 heteroatoms. The summed E-state index contributed by atoms with van der Waals surface area (Å²) in [4.78, 5) is 12.6. The SMILES string of the molecule is CCc1ccc(C2NNCC2C(=O)NCc2ccc(F)cc2Cl)cc1. The van der Waals surface area contributed by atoms with E-state index in [4.69, 9.17) is 11.6 Å². The summed E-state index contributed by atoms with van der Waals surface area (Å²) >= 11 is 6.01. The van der Waals surface area contributed by atoms with Crippen LogP contribution in [0, 0.1) is 11.7 Å². The van der Waals surface area contributed by atoms with E-state index in [0.717, 1.165) is 12.0 Å². The summed E-state index contributed by atoms with van der Waals surface area (Å²) in [6, 6.07) is 12.4. The van der Waals surface area contributed by atoms with Gasteiger partial charge in [0, 0.05) is 18.1 Å². The van der Waals surface area contributed by atoms with Gasteiger partial charge in [-0.1, -0.05) is 48.9 Å². The zero-order valence-corrected chi connectivity index (χ0v) is 14.7. The maximum atomic E-state index is 13.1. The highest BCUT2D eigenvalue weighted by molar-refractivity contribution is 6.31. The van der Waals surface area contributed by atoms with E-state index in [0.29, 0.717) is 17.1 Å². The summed E-state index contributed by atoms with van der Waals surface area (Å²) in [6.45, 7) is 2.93. The van der Waals surface area contributed by atoms with Crippen LogP contribution in [0.25, 0.3) is 0 Å². The van der Waals surface area contributed by atoms with Crippen molar-refractivity contribution in [1.82, 2.24) is 16.2 Å². The number of rotatable bonds is 5. The number of halogens is 2. The van der Waals surface area contributed by atoms with Gasteiger partial charge in [-0.15, -0.1) is 0 Å². The van der Waals surface area contributed by atoms with E-state index in [-0.39, 0.29) is 30.2 Å². The van der Waals surface area contributed by atoms with E-state index in [1.165, 1.54) is 17.7 Å². The molecule has 2 atom stereocenters. The van der Waals surface area contributed by atoms with Gasteiger partial charge in [0.25, 0.3) is 0 Å².